The van der Waals surface area contributed by atoms with Crippen molar-refractivity contribution in [1.29, 1.82) is 0 Å². The fourth-order valence-corrected chi connectivity index (χ4v) is 9.89. The van der Waals surface area contributed by atoms with Gasteiger partial charge in [-0.05, 0) is 38.5 Å². The molecule has 17 atom stereocenters. The van der Waals surface area contributed by atoms with E-state index in [-0.39, 0.29) is 158 Å². The summed E-state index contributed by atoms with van der Waals surface area (Å²) in [4.78, 5) is 99.1. The van der Waals surface area contributed by atoms with Crippen molar-refractivity contribution in [3.8, 4) is 0 Å². The molecule has 0 aromatic carbocycles. The zero-order valence-electron chi connectivity index (χ0n) is 56.9. The van der Waals surface area contributed by atoms with Gasteiger partial charge < -0.3 is 160 Å². The quantitative estimate of drug-likeness (QED) is 0.0251. The van der Waals surface area contributed by atoms with Crippen LogP contribution in [0.25, 0.3) is 0 Å². The fraction of sp³-hybridized carbons (Fsp3) is 0.867. The van der Waals surface area contributed by atoms with Crippen LogP contribution >= 0.6 is 0 Å². The van der Waals surface area contributed by atoms with Crippen LogP contribution in [0, 0.1) is 0 Å². The Bertz CT molecular complexity index is 2310. The molecule has 0 aromatic rings. The van der Waals surface area contributed by atoms with E-state index in [0.717, 1.165) is 0 Å². The number of aliphatic hydroxyl groups is 9. The van der Waals surface area contributed by atoms with Gasteiger partial charge in [0, 0.05) is 33.9 Å². The van der Waals surface area contributed by atoms with Gasteiger partial charge in [0.05, 0.1) is 139 Å². The van der Waals surface area contributed by atoms with Gasteiger partial charge in [0.1, 0.15) is 105 Å². The summed E-state index contributed by atoms with van der Waals surface area (Å²) < 4.78 is 82.3. The average Bonchev–Trinajstić information content (AvgIpc) is 0.824. The highest BCUT2D eigenvalue weighted by Gasteiger charge is 2.48. The molecule has 0 spiro atoms. The van der Waals surface area contributed by atoms with Crippen molar-refractivity contribution in [3.05, 3.63) is 0 Å². The standard InChI is InChI=1S/C60H108N8O32/c1-36(72)64-47-53(81)50(78)41(30-69)98-58(47)95-27-24-89-15-12-86-18-21-92-33-44(75)62-10-6-4-8-39(56(61)84)68-57(85)40(67-46(77)35-94-23-20-88-14-17-91-26-29-97-60-49(66-38(3)74)55(83)52(80)43(32-71)100-60)9-5-7-11-63-45(76)34-93-22-19-87-13-16-90-25-28-96-59-48(65-37(2)73)54(82)51(79)42(31-70)99-59/h39-43,47-55,58-60,69-71,78-83H,4-35H2,1-3H3,(H2,61,84)(H,62,75)(H,63,76)(H,64,72)(H,65,73)(H,66,74)(H,67,77)(H,68,85)/t39-,40-,41+,42+,43+,47+,48+,49+,50-,51-,52-,53+,54+,55+,58+,59+,60+/m0/s1. The highest BCUT2D eigenvalue weighted by molar-refractivity contribution is 5.91. The molecule has 3 saturated heterocycles. The molecule has 580 valence electrons. The van der Waals surface area contributed by atoms with Gasteiger partial charge in [-0.3, -0.25) is 38.4 Å². The zero-order chi connectivity index (χ0) is 73.6. The third kappa shape index (κ3) is 36.3. The van der Waals surface area contributed by atoms with Gasteiger partial charge in [-0.15, -0.1) is 0 Å². The number of carbonyl (C=O) groups is 8. The van der Waals surface area contributed by atoms with E-state index in [1.54, 1.807) is 0 Å². The number of carbonyl (C=O) groups excluding carboxylic acids is 8. The van der Waals surface area contributed by atoms with E-state index in [1.165, 1.54) is 20.8 Å². The number of ether oxygens (including phenoxy) is 15. The fourth-order valence-electron chi connectivity index (χ4n) is 9.89. The monoisotopic (exact) mass is 1450 g/mol. The van der Waals surface area contributed by atoms with Crippen LogP contribution in [0.3, 0.4) is 0 Å². The lowest BCUT2D eigenvalue weighted by Crippen LogP contribution is -2.64. The first-order valence-electron chi connectivity index (χ1n) is 33.2. The van der Waals surface area contributed by atoms with E-state index in [4.69, 9.17) is 76.8 Å². The van der Waals surface area contributed by atoms with Gasteiger partial charge in [0.25, 0.3) is 0 Å². The normalized spacial score (nSPS) is 25.8. The molecule has 0 radical (unpaired) electrons. The summed E-state index contributed by atoms with van der Waals surface area (Å²) in [7, 11) is 0. The highest BCUT2D eigenvalue weighted by Crippen LogP contribution is 2.25. The number of unbranched alkanes of at least 4 members (excludes halogenated alkanes) is 2. The Morgan fingerprint density at radius 1 is 0.370 bits per heavy atom. The van der Waals surface area contributed by atoms with Gasteiger partial charge in [0.2, 0.25) is 47.3 Å². The molecule has 3 rings (SSSR count). The van der Waals surface area contributed by atoms with Crippen molar-refractivity contribution < 1.29 is 155 Å². The third-order valence-electron chi connectivity index (χ3n) is 15.0. The second kappa shape index (κ2) is 52.7. The van der Waals surface area contributed by atoms with Crippen LogP contribution in [0.4, 0.5) is 0 Å². The molecule has 0 aliphatic carbocycles. The maximum Gasteiger partial charge on any atom is 0.246 e. The van der Waals surface area contributed by atoms with Gasteiger partial charge in [0.15, 0.2) is 18.9 Å². The molecule has 0 unspecified atom stereocenters. The molecule has 40 heteroatoms. The Hall–Kier alpha value is -5.20. The van der Waals surface area contributed by atoms with Gasteiger partial charge in [-0.2, -0.15) is 0 Å². The molecule has 3 aliphatic rings. The molecule has 0 bridgehead atoms. The molecule has 3 aliphatic heterocycles. The van der Waals surface area contributed by atoms with Gasteiger partial charge >= 0.3 is 0 Å². The van der Waals surface area contributed by atoms with E-state index >= 15 is 0 Å². The number of nitrogens with one attached hydrogen (secondary N) is 7. The summed E-state index contributed by atoms with van der Waals surface area (Å²) >= 11 is 0. The Morgan fingerprint density at radius 3 is 0.940 bits per heavy atom. The minimum absolute atomic E-state index is 0.0105. The Labute approximate surface area is 579 Å². The molecule has 18 N–H and O–H groups in total. The maximum absolute atomic E-state index is 13.7. The van der Waals surface area contributed by atoms with Gasteiger partial charge in [-0.25, -0.2) is 0 Å². The zero-order valence-corrected chi connectivity index (χ0v) is 56.9. The lowest BCUT2D eigenvalue weighted by Gasteiger charge is -2.42. The minimum atomic E-state index is -1.47. The molecular formula is C60H108N8O32. The van der Waals surface area contributed by atoms with Crippen LogP contribution in [0.5, 0.6) is 0 Å². The van der Waals surface area contributed by atoms with E-state index in [9.17, 15) is 84.3 Å². The van der Waals surface area contributed by atoms with Crippen LogP contribution in [0.2, 0.25) is 0 Å². The number of aliphatic hydroxyl groups excluding tert-OH is 9. The number of primary amides is 1. The maximum atomic E-state index is 13.7. The summed E-state index contributed by atoms with van der Waals surface area (Å²) in [6.07, 6.45) is -14.0. The molecule has 0 saturated carbocycles. The van der Waals surface area contributed by atoms with Crippen LogP contribution in [-0.2, 0) is 109 Å². The van der Waals surface area contributed by atoms with Gasteiger partial charge in [-0.1, -0.05) is 0 Å². The number of hydrogen-bond acceptors (Lipinski definition) is 32. The van der Waals surface area contributed by atoms with E-state index in [0.29, 0.717) is 25.7 Å². The Kier molecular flexibility index (Phi) is 46.9. The predicted molar refractivity (Wildman–Crippen MR) is 338 cm³/mol. The SMILES string of the molecule is CC(=O)N[C@H]1[C@H](OCCOCCOCCOCC(=O)NCCCC[C@H](NC(=O)[C@H](CCCCNC(=O)COCCOCCOCCO[C@@H]2O[C@H](CO)[C@H](O)[C@H](O)[C@H]2NC(C)=O)NC(=O)COCCOCCOCCO[C@@H]2O[C@H](CO)[C@H](O)[C@H](O)[C@H]2NC(C)=O)C(N)=O)O[C@H](CO)[C@H](O)[C@@H]1O. The lowest BCUT2D eigenvalue weighted by molar-refractivity contribution is -0.272. The third-order valence-corrected chi connectivity index (χ3v) is 15.0. The molecule has 40 nitrogen and oxygen atoms in total. The number of hydrogen-bond donors (Lipinski definition) is 17. The second-order valence-electron chi connectivity index (χ2n) is 23.0. The first kappa shape index (κ1) is 89.0. The molecule has 100 heavy (non-hydrogen) atoms. The molecule has 3 fully saturated rings. The summed E-state index contributed by atoms with van der Waals surface area (Å²) in [5.41, 5.74) is 5.68. The molecule has 3 heterocycles. The Balaban J connectivity index is 1.34. The highest BCUT2D eigenvalue weighted by atomic mass is 16.7. The first-order chi connectivity index (χ1) is 48.0. The minimum Gasteiger partial charge on any atom is -0.394 e. The van der Waals surface area contributed by atoms with E-state index in [1.807, 2.05) is 0 Å². The van der Waals surface area contributed by atoms with Crippen molar-refractivity contribution in [3.63, 3.8) is 0 Å². The van der Waals surface area contributed by atoms with Crippen LogP contribution in [-0.4, -0.2) is 369 Å². The predicted octanol–water partition coefficient (Wildman–Crippen LogP) is -9.96. The molecule has 0 aromatic heterocycles. The largest absolute Gasteiger partial charge is 0.394 e. The number of nitrogens with two attached hydrogens (primary N) is 1. The lowest BCUT2D eigenvalue weighted by atomic mass is 9.97. The topological polar surface area (TPSA) is 567 Å². The summed E-state index contributed by atoms with van der Waals surface area (Å²) in [6.45, 7) is 2.83. The van der Waals surface area contributed by atoms with E-state index in [2.05, 4.69) is 37.2 Å². The van der Waals surface area contributed by atoms with Crippen molar-refractivity contribution in [2.24, 2.45) is 5.73 Å². The molecule has 8 amide bonds. The summed E-state index contributed by atoms with van der Waals surface area (Å²) in [5.74, 6) is -4.52. The molecular weight excluding hydrogens is 1340 g/mol. The van der Waals surface area contributed by atoms with Crippen LogP contribution in [0.1, 0.15) is 59.3 Å². The number of rotatable bonds is 56. The second-order valence-corrected chi connectivity index (χ2v) is 23.0. The summed E-state index contributed by atoms with van der Waals surface area (Å²) in [6, 6.07) is -5.58. The first-order valence-corrected chi connectivity index (χ1v) is 33.2. The smallest absolute Gasteiger partial charge is 0.246 e. The number of amides is 8. The van der Waals surface area contributed by atoms with Crippen molar-refractivity contribution in [2.75, 3.05) is 172 Å². The van der Waals surface area contributed by atoms with Crippen LogP contribution in [0.15, 0.2) is 0 Å². The van der Waals surface area contributed by atoms with Crippen LogP contribution < -0.4 is 43.0 Å². The van der Waals surface area contributed by atoms with Crippen molar-refractivity contribution >= 4 is 47.3 Å². The van der Waals surface area contributed by atoms with Crippen molar-refractivity contribution in [2.45, 2.75) is 163 Å². The average molecular weight is 1450 g/mol. The van der Waals surface area contributed by atoms with E-state index < -0.39 is 178 Å². The van der Waals surface area contributed by atoms with Crippen molar-refractivity contribution in [1.82, 2.24) is 37.2 Å². The Morgan fingerprint density at radius 2 is 0.650 bits per heavy atom. The summed E-state index contributed by atoms with van der Waals surface area (Å²) in [5, 5.41) is 108.